The highest BCUT2D eigenvalue weighted by atomic mass is 19.1. The third kappa shape index (κ3) is 1.72. The van der Waals surface area contributed by atoms with Crippen molar-refractivity contribution in [3.05, 3.63) is 48.3 Å². The summed E-state index contributed by atoms with van der Waals surface area (Å²) in [5.74, 6) is -0.241. The second-order valence-corrected chi connectivity index (χ2v) is 4.09. The number of hydrogen-bond acceptors (Lipinski definition) is 2. The number of benzene rings is 2. The van der Waals surface area contributed by atoms with Gasteiger partial charge in [-0.15, -0.1) is 0 Å². The average molecular weight is 241 g/mol. The van der Waals surface area contributed by atoms with Crippen LogP contribution in [0.4, 0.5) is 10.1 Å². The first kappa shape index (κ1) is 10.8. The summed E-state index contributed by atoms with van der Waals surface area (Å²) in [6, 6.07) is 12.3. The van der Waals surface area contributed by atoms with Gasteiger partial charge in [-0.2, -0.15) is 5.10 Å². The normalized spacial score (nSPS) is 10.8. The van der Waals surface area contributed by atoms with Crippen LogP contribution in [0.2, 0.25) is 0 Å². The summed E-state index contributed by atoms with van der Waals surface area (Å²) in [7, 11) is 1.87. The Balaban J connectivity index is 2.19. The number of nitrogens with one attached hydrogen (secondary N) is 2. The molecule has 0 bridgehead atoms. The first-order valence-electron chi connectivity index (χ1n) is 5.70. The van der Waals surface area contributed by atoms with Crippen molar-refractivity contribution in [1.82, 2.24) is 10.2 Å². The monoisotopic (exact) mass is 241 g/mol. The van der Waals surface area contributed by atoms with Crippen molar-refractivity contribution in [2.24, 2.45) is 0 Å². The zero-order chi connectivity index (χ0) is 12.5. The first-order valence-corrected chi connectivity index (χ1v) is 5.70. The lowest BCUT2D eigenvalue weighted by molar-refractivity contribution is 0.628. The number of aromatic amines is 1. The summed E-state index contributed by atoms with van der Waals surface area (Å²) in [4.78, 5) is 0. The highest BCUT2D eigenvalue weighted by Gasteiger charge is 2.08. The molecule has 1 aromatic heterocycles. The lowest BCUT2D eigenvalue weighted by atomic mass is 10.1. The highest BCUT2D eigenvalue weighted by molar-refractivity contribution is 5.94. The smallest absolute Gasteiger partial charge is 0.123 e. The molecule has 0 aliphatic carbocycles. The summed E-state index contributed by atoms with van der Waals surface area (Å²) in [6.07, 6.45) is 0. The Labute approximate surface area is 104 Å². The van der Waals surface area contributed by atoms with Crippen molar-refractivity contribution in [2.45, 2.75) is 0 Å². The molecule has 0 saturated heterocycles. The lowest BCUT2D eigenvalue weighted by Crippen LogP contribution is -1.86. The van der Waals surface area contributed by atoms with Gasteiger partial charge in [0.2, 0.25) is 0 Å². The van der Waals surface area contributed by atoms with E-state index in [-0.39, 0.29) is 5.82 Å². The lowest BCUT2D eigenvalue weighted by Gasteiger charge is -2.01. The quantitative estimate of drug-likeness (QED) is 0.721. The van der Waals surface area contributed by atoms with Crippen LogP contribution in [0.25, 0.3) is 22.2 Å². The second kappa shape index (κ2) is 4.14. The molecule has 4 heteroatoms. The van der Waals surface area contributed by atoms with Crippen LogP contribution in [0, 0.1) is 5.82 Å². The Kier molecular flexibility index (Phi) is 2.48. The minimum atomic E-state index is -0.241. The van der Waals surface area contributed by atoms with Crippen LogP contribution in [-0.4, -0.2) is 17.2 Å². The molecule has 0 fully saturated rings. The van der Waals surface area contributed by atoms with E-state index in [0.717, 1.165) is 27.8 Å². The summed E-state index contributed by atoms with van der Waals surface area (Å²) in [5.41, 5.74) is 3.72. The molecule has 0 amide bonds. The standard InChI is InChI=1S/C14H12FN3/c1-16-11-6-7-13-12(8-11)14(18-17-13)9-2-4-10(15)5-3-9/h2-8,16H,1H3,(H,17,18). The molecule has 0 aliphatic heterocycles. The van der Waals surface area contributed by atoms with E-state index in [2.05, 4.69) is 15.5 Å². The van der Waals surface area contributed by atoms with Crippen LogP contribution < -0.4 is 5.32 Å². The van der Waals surface area contributed by atoms with Gasteiger partial charge < -0.3 is 5.32 Å². The van der Waals surface area contributed by atoms with Crippen LogP contribution in [0.15, 0.2) is 42.5 Å². The van der Waals surface area contributed by atoms with Crippen molar-refractivity contribution in [1.29, 1.82) is 0 Å². The average Bonchev–Trinajstić information content (AvgIpc) is 2.82. The van der Waals surface area contributed by atoms with Crippen molar-refractivity contribution in [3.63, 3.8) is 0 Å². The molecule has 0 spiro atoms. The molecule has 0 aliphatic rings. The summed E-state index contributed by atoms with van der Waals surface area (Å²) in [6.45, 7) is 0. The van der Waals surface area contributed by atoms with Crippen LogP contribution in [0.3, 0.4) is 0 Å². The topological polar surface area (TPSA) is 40.7 Å². The minimum absolute atomic E-state index is 0.241. The van der Waals surface area contributed by atoms with E-state index in [0.29, 0.717) is 0 Å². The van der Waals surface area contributed by atoms with E-state index in [1.54, 1.807) is 12.1 Å². The number of rotatable bonds is 2. The van der Waals surface area contributed by atoms with Gasteiger partial charge in [0.15, 0.2) is 0 Å². The molecular weight excluding hydrogens is 229 g/mol. The fourth-order valence-electron chi connectivity index (χ4n) is 2.00. The van der Waals surface area contributed by atoms with Gasteiger partial charge in [-0.1, -0.05) is 0 Å². The first-order chi connectivity index (χ1) is 8.78. The summed E-state index contributed by atoms with van der Waals surface area (Å²) >= 11 is 0. The third-order valence-corrected chi connectivity index (χ3v) is 2.97. The number of aromatic nitrogens is 2. The van der Waals surface area contributed by atoms with Crippen molar-refractivity contribution < 1.29 is 4.39 Å². The maximum Gasteiger partial charge on any atom is 0.123 e. The van der Waals surface area contributed by atoms with Gasteiger partial charge in [0.05, 0.1) is 11.2 Å². The molecule has 2 aromatic carbocycles. The molecule has 0 atom stereocenters. The van der Waals surface area contributed by atoms with Crippen molar-refractivity contribution in [3.8, 4) is 11.3 Å². The number of fused-ring (bicyclic) bond motifs is 1. The van der Waals surface area contributed by atoms with E-state index in [9.17, 15) is 4.39 Å². The SMILES string of the molecule is CNc1ccc2[nH]nc(-c3ccc(F)cc3)c2c1. The van der Waals surface area contributed by atoms with E-state index < -0.39 is 0 Å². The Morgan fingerprint density at radius 2 is 1.89 bits per heavy atom. The molecule has 0 saturated carbocycles. The molecule has 3 aromatic rings. The fraction of sp³-hybridized carbons (Fsp3) is 0.0714. The van der Waals surface area contributed by atoms with Crippen LogP contribution in [0.1, 0.15) is 0 Å². The Morgan fingerprint density at radius 3 is 2.61 bits per heavy atom. The van der Waals surface area contributed by atoms with Crippen LogP contribution >= 0.6 is 0 Å². The third-order valence-electron chi connectivity index (χ3n) is 2.97. The molecule has 90 valence electrons. The number of nitrogens with zero attached hydrogens (tertiary/aromatic N) is 1. The van der Waals surface area contributed by atoms with Crippen LogP contribution in [0.5, 0.6) is 0 Å². The number of hydrogen-bond donors (Lipinski definition) is 2. The second-order valence-electron chi connectivity index (χ2n) is 4.09. The molecule has 18 heavy (non-hydrogen) atoms. The van der Waals surface area contributed by atoms with Crippen molar-refractivity contribution in [2.75, 3.05) is 12.4 Å². The minimum Gasteiger partial charge on any atom is -0.388 e. The van der Waals surface area contributed by atoms with Gasteiger partial charge in [-0.05, 0) is 42.5 Å². The predicted molar refractivity (Wildman–Crippen MR) is 71.0 cm³/mol. The highest BCUT2D eigenvalue weighted by Crippen LogP contribution is 2.28. The van der Waals surface area contributed by atoms with Gasteiger partial charge in [-0.25, -0.2) is 4.39 Å². The molecule has 0 radical (unpaired) electrons. The Morgan fingerprint density at radius 1 is 1.11 bits per heavy atom. The maximum absolute atomic E-state index is 12.9. The summed E-state index contributed by atoms with van der Waals surface area (Å²) in [5, 5.41) is 11.4. The van der Waals surface area contributed by atoms with E-state index in [4.69, 9.17) is 0 Å². The van der Waals surface area contributed by atoms with E-state index in [1.807, 2.05) is 25.2 Å². The molecule has 3 nitrogen and oxygen atoms in total. The van der Waals surface area contributed by atoms with Crippen molar-refractivity contribution >= 4 is 16.6 Å². The fourth-order valence-corrected chi connectivity index (χ4v) is 2.00. The molecular formula is C14H12FN3. The van der Waals surface area contributed by atoms with Gasteiger partial charge in [-0.3, -0.25) is 5.10 Å². The van der Waals surface area contributed by atoms with Gasteiger partial charge >= 0.3 is 0 Å². The van der Waals surface area contributed by atoms with Gasteiger partial charge in [0.1, 0.15) is 5.82 Å². The molecule has 3 rings (SSSR count). The van der Waals surface area contributed by atoms with E-state index >= 15 is 0 Å². The zero-order valence-electron chi connectivity index (χ0n) is 9.87. The maximum atomic E-state index is 12.9. The zero-order valence-corrected chi connectivity index (χ0v) is 9.87. The van der Waals surface area contributed by atoms with E-state index in [1.165, 1.54) is 12.1 Å². The van der Waals surface area contributed by atoms with Gasteiger partial charge in [0.25, 0.3) is 0 Å². The largest absolute Gasteiger partial charge is 0.388 e. The van der Waals surface area contributed by atoms with Crippen LogP contribution in [-0.2, 0) is 0 Å². The number of H-pyrrole nitrogens is 1. The Bertz CT molecular complexity index is 686. The number of anilines is 1. The Hall–Kier alpha value is -2.36. The predicted octanol–water partition coefficient (Wildman–Crippen LogP) is 3.41. The van der Waals surface area contributed by atoms with Gasteiger partial charge in [0, 0.05) is 23.7 Å². The number of halogens is 1. The summed E-state index contributed by atoms with van der Waals surface area (Å²) < 4.78 is 12.9. The molecule has 2 N–H and O–H groups in total. The molecule has 0 unspecified atom stereocenters. The molecule has 1 heterocycles.